The molecule has 2 fully saturated rings. The molecular weight excluding hydrogens is 265 g/mol. The average molecular weight is 291 g/mol. The molecule has 2 nitrogen and oxygen atoms in total. The monoisotopic (exact) mass is 291 g/mol. The fourth-order valence-electron chi connectivity index (χ4n) is 3.72. The minimum Gasteiger partial charge on any atom is -0.364 e. The number of aryl methyl sites for hydroxylation is 1. The van der Waals surface area contributed by atoms with Gasteiger partial charge in [0.25, 0.3) is 0 Å². The summed E-state index contributed by atoms with van der Waals surface area (Å²) in [5.41, 5.74) is 1.62. The van der Waals surface area contributed by atoms with Crippen LogP contribution in [0.5, 0.6) is 0 Å². The first kappa shape index (κ1) is 15.0. The smallest absolute Gasteiger partial charge is 0.126 e. The molecule has 1 atom stereocenters. The summed E-state index contributed by atoms with van der Waals surface area (Å²) in [5.74, 6) is 0.724. The van der Waals surface area contributed by atoms with Gasteiger partial charge in [0.1, 0.15) is 5.82 Å². The molecule has 0 amide bonds. The van der Waals surface area contributed by atoms with E-state index < -0.39 is 0 Å². The van der Waals surface area contributed by atoms with Crippen molar-refractivity contribution in [1.29, 1.82) is 0 Å². The number of halogens is 1. The zero-order chi connectivity index (χ0) is 14.9. The lowest BCUT2D eigenvalue weighted by Crippen LogP contribution is -2.52. The maximum absolute atomic E-state index is 13.8. The molecule has 2 aliphatic rings. The number of ether oxygens (including phenoxy) is 1. The summed E-state index contributed by atoms with van der Waals surface area (Å²) < 4.78 is 20.2. The van der Waals surface area contributed by atoms with E-state index in [1.165, 1.54) is 19.3 Å². The Bertz CT molecular complexity index is 494. The van der Waals surface area contributed by atoms with Crippen LogP contribution in [-0.4, -0.2) is 18.7 Å². The van der Waals surface area contributed by atoms with Crippen molar-refractivity contribution < 1.29 is 9.13 Å². The van der Waals surface area contributed by atoms with Crippen LogP contribution in [0.2, 0.25) is 0 Å². The number of morpholine rings is 1. The van der Waals surface area contributed by atoms with Gasteiger partial charge in [-0.3, -0.25) is 0 Å². The van der Waals surface area contributed by atoms with Gasteiger partial charge in [-0.25, -0.2) is 4.39 Å². The van der Waals surface area contributed by atoms with Crippen molar-refractivity contribution >= 4 is 0 Å². The van der Waals surface area contributed by atoms with E-state index in [0.717, 1.165) is 37.4 Å². The van der Waals surface area contributed by atoms with E-state index in [1.54, 1.807) is 13.0 Å². The lowest BCUT2D eigenvalue weighted by molar-refractivity contribution is -0.141. The summed E-state index contributed by atoms with van der Waals surface area (Å²) in [5, 5.41) is 3.51. The van der Waals surface area contributed by atoms with Crippen LogP contribution in [-0.2, 0) is 4.74 Å². The summed E-state index contributed by atoms with van der Waals surface area (Å²) in [6, 6.07) is 5.49. The molecule has 0 radical (unpaired) electrons. The number of hydrogen-bond acceptors (Lipinski definition) is 2. The molecule has 3 heteroatoms. The van der Waals surface area contributed by atoms with Gasteiger partial charge < -0.3 is 10.1 Å². The van der Waals surface area contributed by atoms with Gasteiger partial charge in [0.2, 0.25) is 0 Å². The topological polar surface area (TPSA) is 21.3 Å². The highest BCUT2D eigenvalue weighted by atomic mass is 19.1. The maximum Gasteiger partial charge on any atom is 0.126 e. The molecule has 1 saturated heterocycles. The lowest BCUT2D eigenvalue weighted by Gasteiger charge is -2.46. The Hall–Kier alpha value is -0.930. The van der Waals surface area contributed by atoms with Crippen LogP contribution >= 0.6 is 0 Å². The second-order valence-corrected chi connectivity index (χ2v) is 6.78. The molecular formula is C18H26FNO. The molecule has 1 aromatic rings. The summed E-state index contributed by atoms with van der Waals surface area (Å²) in [6.07, 6.45) is 6.02. The minimum absolute atomic E-state index is 0.0213. The molecule has 21 heavy (non-hydrogen) atoms. The lowest BCUT2D eigenvalue weighted by atomic mass is 9.77. The van der Waals surface area contributed by atoms with E-state index >= 15 is 0 Å². The maximum atomic E-state index is 13.8. The quantitative estimate of drug-likeness (QED) is 0.884. The fraction of sp³-hybridized carbons (Fsp3) is 0.667. The third-order valence-corrected chi connectivity index (χ3v) is 5.33. The molecule has 1 saturated carbocycles. The summed E-state index contributed by atoms with van der Waals surface area (Å²) in [4.78, 5) is 0. The third-order valence-electron chi connectivity index (χ3n) is 5.33. The van der Waals surface area contributed by atoms with Crippen LogP contribution in [0.1, 0.15) is 56.3 Å². The van der Waals surface area contributed by atoms with Crippen LogP contribution in [0.3, 0.4) is 0 Å². The highest BCUT2D eigenvalue weighted by molar-refractivity contribution is 5.25. The molecule has 0 bridgehead atoms. The van der Waals surface area contributed by atoms with E-state index in [4.69, 9.17) is 4.74 Å². The molecule has 1 unspecified atom stereocenters. The van der Waals surface area contributed by atoms with Crippen molar-refractivity contribution in [3.8, 4) is 0 Å². The van der Waals surface area contributed by atoms with Gasteiger partial charge in [0.15, 0.2) is 0 Å². The number of rotatable bonds is 2. The fourth-order valence-corrected chi connectivity index (χ4v) is 3.72. The second kappa shape index (κ2) is 6.05. The first-order valence-corrected chi connectivity index (χ1v) is 8.26. The highest BCUT2D eigenvalue weighted by Gasteiger charge is 2.40. The normalized spacial score (nSPS) is 33.3. The summed E-state index contributed by atoms with van der Waals surface area (Å²) >= 11 is 0. The third kappa shape index (κ3) is 3.14. The van der Waals surface area contributed by atoms with Crippen molar-refractivity contribution in [2.24, 2.45) is 5.92 Å². The predicted molar refractivity (Wildman–Crippen MR) is 82.8 cm³/mol. The molecule has 1 aliphatic carbocycles. The molecule has 1 aliphatic heterocycles. The van der Waals surface area contributed by atoms with Crippen molar-refractivity contribution in [3.05, 3.63) is 35.1 Å². The molecule has 0 aromatic heterocycles. The van der Waals surface area contributed by atoms with Crippen molar-refractivity contribution in [3.63, 3.8) is 0 Å². The van der Waals surface area contributed by atoms with Crippen LogP contribution < -0.4 is 5.32 Å². The first-order chi connectivity index (χ1) is 10.1. The standard InChI is InChI=1S/C18H26FNO/c1-3-14-6-8-18(9-7-14)12-20-11-17(21-18)15-5-4-13(2)16(19)10-15/h4-5,10,14,17,20H,3,6-9,11-12H2,1-2H3. The number of nitrogens with one attached hydrogen (secondary N) is 1. The van der Waals surface area contributed by atoms with Gasteiger partial charge in [-0.2, -0.15) is 0 Å². The van der Waals surface area contributed by atoms with Gasteiger partial charge in [-0.1, -0.05) is 25.5 Å². The summed E-state index contributed by atoms with van der Waals surface area (Å²) in [6.45, 7) is 5.79. The molecule has 116 valence electrons. The largest absolute Gasteiger partial charge is 0.364 e. The Morgan fingerprint density at radius 2 is 2.10 bits per heavy atom. The van der Waals surface area contributed by atoms with Gasteiger partial charge in [-0.05, 0) is 55.7 Å². The highest BCUT2D eigenvalue weighted by Crippen LogP contribution is 2.40. The van der Waals surface area contributed by atoms with E-state index in [-0.39, 0.29) is 17.5 Å². The Balaban J connectivity index is 1.72. The van der Waals surface area contributed by atoms with Crippen LogP contribution in [0.15, 0.2) is 18.2 Å². The van der Waals surface area contributed by atoms with Crippen molar-refractivity contribution in [2.45, 2.75) is 57.7 Å². The van der Waals surface area contributed by atoms with Gasteiger partial charge in [-0.15, -0.1) is 0 Å². The van der Waals surface area contributed by atoms with Gasteiger partial charge >= 0.3 is 0 Å². The van der Waals surface area contributed by atoms with E-state index in [1.807, 2.05) is 12.1 Å². The average Bonchev–Trinajstić information content (AvgIpc) is 2.51. The Labute approximate surface area is 127 Å². The molecule has 1 aromatic carbocycles. The van der Waals surface area contributed by atoms with Gasteiger partial charge in [0, 0.05) is 13.1 Å². The summed E-state index contributed by atoms with van der Waals surface area (Å²) in [7, 11) is 0. The van der Waals surface area contributed by atoms with Crippen LogP contribution in [0.4, 0.5) is 4.39 Å². The van der Waals surface area contributed by atoms with Gasteiger partial charge in [0.05, 0.1) is 11.7 Å². The first-order valence-electron chi connectivity index (χ1n) is 8.26. The molecule has 3 rings (SSSR count). The molecule has 1 heterocycles. The Kier molecular flexibility index (Phi) is 4.32. The molecule has 1 spiro atoms. The zero-order valence-corrected chi connectivity index (χ0v) is 13.1. The number of hydrogen-bond donors (Lipinski definition) is 1. The predicted octanol–water partition coefficient (Wildman–Crippen LogP) is 4.13. The van der Waals surface area contributed by atoms with E-state index in [9.17, 15) is 4.39 Å². The van der Waals surface area contributed by atoms with Crippen LogP contribution in [0.25, 0.3) is 0 Å². The van der Waals surface area contributed by atoms with Crippen molar-refractivity contribution in [2.75, 3.05) is 13.1 Å². The second-order valence-electron chi connectivity index (χ2n) is 6.78. The van der Waals surface area contributed by atoms with Crippen LogP contribution in [0, 0.1) is 18.7 Å². The van der Waals surface area contributed by atoms with Crippen molar-refractivity contribution in [1.82, 2.24) is 5.32 Å². The van der Waals surface area contributed by atoms with E-state index in [2.05, 4.69) is 12.2 Å². The SMILES string of the molecule is CCC1CCC2(CC1)CNCC(c1ccc(C)c(F)c1)O2. The Morgan fingerprint density at radius 1 is 1.33 bits per heavy atom. The Morgan fingerprint density at radius 3 is 2.76 bits per heavy atom. The molecule has 1 N–H and O–H groups in total. The number of benzene rings is 1. The zero-order valence-electron chi connectivity index (χ0n) is 13.1. The minimum atomic E-state index is -0.134. The van der Waals surface area contributed by atoms with E-state index in [0.29, 0.717) is 5.56 Å².